The minimum Gasteiger partial charge on any atom is -0.359 e. The number of hydrogen-bond donors (Lipinski definition) is 2. The van der Waals surface area contributed by atoms with Crippen LogP contribution in [-0.4, -0.2) is 25.4 Å². The van der Waals surface area contributed by atoms with Crippen molar-refractivity contribution in [2.75, 3.05) is 13.6 Å². The molecule has 0 aromatic heterocycles. The summed E-state index contributed by atoms with van der Waals surface area (Å²) in [7, 11) is 1.52. The molecular weight excluding hydrogens is 156 g/mol. The lowest BCUT2D eigenvalue weighted by atomic mass is 10.3. The number of carbonyl (C=O) groups excluding carboxylic acids is 2. The van der Waals surface area contributed by atoms with E-state index in [-0.39, 0.29) is 18.2 Å². The highest BCUT2D eigenvalue weighted by Gasteiger charge is 2.05. The molecule has 4 heteroatoms. The first-order chi connectivity index (χ1) is 5.70. The van der Waals surface area contributed by atoms with Gasteiger partial charge in [-0.3, -0.25) is 9.59 Å². The molecule has 0 aromatic carbocycles. The smallest absolute Gasteiger partial charge is 0.229 e. The molecule has 0 radical (unpaired) electrons. The zero-order chi connectivity index (χ0) is 9.40. The number of hydrogen-bond acceptors (Lipinski definition) is 2. The van der Waals surface area contributed by atoms with Crippen LogP contribution in [0.15, 0.2) is 0 Å². The zero-order valence-corrected chi connectivity index (χ0v) is 7.64. The summed E-state index contributed by atoms with van der Waals surface area (Å²) < 4.78 is 0. The molecule has 4 nitrogen and oxygen atoms in total. The normalized spacial score (nSPS) is 9.17. The van der Waals surface area contributed by atoms with Crippen molar-refractivity contribution < 1.29 is 9.59 Å². The standard InChI is InChI=1S/C8H16N2O2/c1-3-4-5-10-8(12)6-7(11)9-2/h3-6H2,1-2H3,(H,9,11)(H,10,12). The van der Waals surface area contributed by atoms with Gasteiger partial charge in [-0.2, -0.15) is 0 Å². The fraction of sp³-hybridized carbons (Fsp3) is 0.750. The molecule has 0 aliphatic rings. The molecule has 70 valence electrons. The summed E-state index contributed by atoms with van der Waals surface area (Å²) in [6, 6.07) is 0. The average Bonchev–Trinajstić information content (AvgIpc) is 2.05. The quantitative estimate of drug-likeness (QED) is 0.454. The van der Waals surface area contributed by atoms with Crippen LogP contribution in [0.1, 0.15) is 26.2 Å². The second kappa shape index (κ2) is 6.64. The number of carbonyl (C=O) groups is 2. The summed E-state index contributed by atoms with van der Waals surface area (Å²) in [6.07, 6.45) is 1.93. The maximum absolute atomic E-state index is 10.9. The molecule has 0 fully saturated rings. The van der Waals surface area contributed by atoms with Crippen molar-refractivity contribution in [3.8, 4) is 0 Å². The third kappa shape index (κ3) is 5.70. The van der Waals surface area contributed by atoms with E-state index in [0.717, 1.165) is 12.8 Å². The average molecular weight is 172 g/mol. The Bertz CT molecular complexity index is 157. The molecule has 0 atom stereocenters. The van der Waals surface area contributed by atoms with Crippen LogP contribution in [0.25, 0.3) is 0 Å². The van der Waals surface area contributed by atoms with Crippen LogP contribution < -0.4 is 10.6 Å². The van der Waals surface area contributed by atoms with Gasteiger partial charge in [-0.1, -0.05) is 13.3 Å². The van der Waals surface area contributed by atoms with Crippen molar-refractivity contribution in [3.63, 3.8) is 0 Å². The highest BCUT2D eigenvalue weighted by atomic mass is 16.2. The number of unbranched alkanes of at least 4 members (excludes halogenated alkanes) is 1. The number of nitrogens with one attached hydrogen (secondary N) is 2. The number of amides is 2. The number of rotatable bonds is 5. The summed E-state index contributed by atoms with van der Waals surface area (Å²) in [5, 5.41) is 5.04. The van der Waals surface area contributed by atoms with Gasteiger partial charge in [-0.05, 0) is 6.42 Å². The van der Waals surface area contributed by atoms with Crippen LogP contribution in [0.3, 0.4) is 0 Å². The van der Waals surface area contributed by atoms with Crippen molar-refractivity contribution in [1.82, 2.24) is 10.6 Å². The molecule has 0 aliphatic heterocycles. The Labute approximate surface area is 72.7 Å². The zero-order valence-electron chi connectivity index (χ0n) is 7.64. The Hall–Kier alpha value is -1.06. The lowest BCUT2D eigenvalue weighted by Crippen LogP contribution is -2.30. The van der Waals surface area contributed by atoms with E-state index in [0.29, 0.717) is 6.54 Å². The van der Waals surface area contributed by atoms with E-state index in [2.05, 4.69) is 10.6 Å². The predicted octanol–water partition coefficient (Wildman–Crippen LogP) is 0.0388. The molecule has 12 heavy (non-hydrogen) atoms. The van der Waals surface area contributed by atoms with E-state index in [9.17, 15) is 9.59 Å². The van der Waals surface area contributed by atoms with Crippen LogP contribution in [-0.2, 0) is 9.59 Å². The lowest BCUT2D eigenvalue weighted by molar-refractivity contribution is -0.128. The molecule has 0 saturated carbocycles. The Morgan fingerprint density at radius 2 is 1.92 bits per heavy atom. The minimum atomic E-state index is -0.246. The van der Waals surface area contributed by atoms with Crippen molar-refractivity contribution >= 4 is 11.8 Å². The van der Waals surface area contributed by atoms with E-state index >= 15 is 0 Å². The highest BCUT2D eigenvalue weighted by Crippen LogP contribution is 1.84. The second-order valence-electron chi connectivity index (χ2n) is 2.55. The Morgan fingerprint density at radius 1 is 1.25 bits per heavy atom. The third-order valence-corrected chi connectivity index (χ3v) is 1.45. The third-order valence-electron chi connectivity index (χ3n) is 1.45. The van der Waals surface area contributed by atoms with Gasteiger partial charge in [0.05, 0.1) is 0 Å². The van der Waals surface area contributed by atoms with Gasteiger partial charge < -0.3 is 10.6 Å². The Kier molecular flexibility index (Phi) is 6.05. The summed E-state index contributed by atoms with van der Waals surface area (Å²) in [5.74, 6) is -0.452. The van der Waals surface area contributed by atoms with Gasteiger partial charge in [0, 0.05) is 13.6 Å². The largest absolute Gasteiger partial charge is 0.359 e. The molecule has 0 aliphatic carbocycles. The molecular formula is C8H16N2O2. The van der Waals surface area contributed by atoms with Crippen molar-refractivity contribution in [1.29, 1.82) is 0 Å². The van der Waals surface area contributed by atoms with Crippen LogP contribution >= 0.6 is 0 Å². The van der Waals surface area contributed by atoms with Crippen LogP contribution in [0.4, 0.5) is 0 Å². The lowest BCUT2D eigenvalue weighted by Gasteiger charge is -2.02. The van der Waals surface area contributed by atoms with Gasteiger partial charge >= 0.3 is 0 Å². The molecule has 0 heterocycles. The summed E-state index contributed by atoms with van der Waals surface area (Å²) in [4.78, 5) is 21.6. The fourth-order valence-corrected chi connectivity index (χ4v) is 0.701. The van der Waals surface area contributed by atoms with Crippen molar-refractivity contribution in [2.45, 2.75) is 26.2 Å². The van der Waals surface area contributed by atoms with E-state index in [4.69, 9.17) is 0 Å². The molecule has 0 aromatic rings. The first kappa shape index (κ1) is 10.9. The Balaban J connectivity index is 3.40. The molecule has 0 bridgehead atoms. The highest BCUT2D eigenvalue weighted by molar-refractivity contribution is 5.96. The van der Waals surface area contributed by atoms with Gasteiger partial charge in [0.1, 0.15) is 6.42 Å². The van der Waals surface area contributed by atoms with Crippen LogP contribution in [0.5, 0.6) is 0 Å². The van der Waals surface area contributed by atoms with E-state index in [1.165, 1.54) is 7.05 Å². The minimum absolute atomic E-state index is 0.0692. The maximum Gasteiger partial charge on any atom is 0.229 e. The predicted molar refractivity (Wildman–Crippen MR) is 46.6 cm³/mol. The summed E-state index contributed by atoms with van der Waals surface area (Å²) in [6.45, 7) is 2.71. The molecule has 2 N–H and O–H groups in total. The Morgan fingerprint density at radius 3 is 2.42 bits per heavy atom. The summed E-state index contributed by atoms with van der Waals surface area (Å²) in [5.41, 5.74) is 0. The van der Waals surface area contributed by atoms with E-state index in [1.54, 1.807) is 0 Å². The SMILES string of the molecule is CCCCNC(=O)CC(=O)NC. The van der Waals surface area contributed by atoms with Gasteiger partial charge in [0.2, 0.25) is 11.8 Å². The van der Waals surface area contributed by atoms with E-state index in [1.807, 2.05) is 6.92 Å². The van der Waals surface area contributed by atoms with Gasteiger partial charge in [0.25, 0.3) is 0 Å². The fourth-order valence-electron chi connectivity index (χ4n) is 0.701. The maximum atomic E-state index is 10.9. The second-order valence-corrected chi connectivity index (χ2v) is 2.55. The first-order valence-corrected chi connectivity index (χ1v) is 4.18. The van der Waals surface area contributed by atoms with Gasteiger partial charge in [-0.15, -0.1) is 0 Å². The monoisotopic (exact) mass is 172 g/mol. The van der Waals surface area contributed by atoms with Gasteiger partial charge in [-0.25, -0.2) is 0 Å². The molecule has 0 spiro atoms. The van der Waals surface area contributed by atoms with Crippen LogP contribution in [0, 0.1) is 0 Å². The molecule has 0 rings (SSSR count). The van der Waals surface area contributed by atoms with Crippen LogP contribution in [0.2, 0.25) is 0 Å². The van der Waals surface area contributed by atoms with E-state index < -0.39 is 0 Å². The topological polar surface area (TPSA) is 58.2 Å². The molecule has 0 unspecified atom stereocenters. The van der Waals surface area contributed by atoms with Crippen molar-refractivity contribution in [3.05, 3.63) is 0 Å². The van der Waals surface area contributed by atoms with Crippen molar-refractivity contribution in [2.24, 2.45) is 0 Å². The molecule has 2 amide bonds. The molecule has 0 saturated heterocycles. The first-order valence-electron chi connectivity index (χ1n) is 4.18. The summed E-state index contributed by atoms with van der Waals surface area (Å²) >= 11 is 0. The van der Waals surface area contributed by atoms with Gasteiger partial charge in [0.15, 0.2) is 0 Å².